The van der Waals surface area contributed by atoms with Crippen molar-refractivity contribution in [2.24, 2.45) is 0 Å². The van der Waals surface area contributed by atoms with Crippen LogP contribution in [0.25, 0.3) is 0 Å². The van der Waals surface area contributed by atoms with Crippen molar-refractivity contribution in [3.05, 3.63) is 29.8 Å². The molecule has 1 fully saturated rings. The quantitative estimate of drug-likeness (QED) is 0.791. The third-order valence-electron chi connectivity index (χ3n) is 3.02. The summed E-state index contributed by atoms with van der Waals surface area (Å²) in [7, 11) is 0. The number of rotatable bonds is 3. The number of Topliss-reactive ketones (excluding diaryl/α,β-unsaturated/α-hetero) is 1. The smallest absolute Gasteiger partial charge is 0.180 e. The van der Waals surface area contributed by atoms with Crippen molar-refractivity contribution >= 4 is 5.78 Å². The summed E-state index contributed by atoms with van der Waals surface area (Å²) in [5.74, 6) is 0.101. The van der Waals surface area contributed by atoms with Crippen LogP contribution in [0, 0.1) is 0 Å². The van der Waals surface area contributed by atoms with E-state index in [0.717, 1.165) is 13.1 Å². The average molecular weight is 219 g/mol. The Hall–Kier alpha value is -1.35. The van der Waals surface area contributed by atoms with Crippen molar-refractivity contribution in [3.63, 3.8) is 0 Å². The fourth-order valence-corrected chi connectivity index (χ4v) is 2.12. The van der Waals surface area contributed by atoms with Gasteiger partial charge in [-0.25, -0.2) is 0 Å². The molecule has 16 heavy (non-hydrogen) atoms. The molecule has 0 aliphatic carbocycles. The molecule has 1 N–H and O–H groups in total. The minimum atomic E-state index is 0.0139. The zero-order valence-electron chi connectivity index (χ0n) is 9.35. The molecule has 1 aromatic rings. The topological polar surface area (TPSA) is 40.5 Å². The molecule has 1 aromatic carbocycles. The Bertz CT molecular complexity index is 370. The molecular weight excluding hydrogens is 202 g/mol. The second kappa shape index (κ2) is 5.12. The molecule has 0 spiro atoms. The van der Waals surface area contributed by atoms with Crippen LogP contribution < -0.4 is 0 Å². The Morgan fingerprint density at radius 2 is 1.88 bits per heavy atom. The van der Waals surface area contributed by atoms with E-state index in [-0.39, 0.29) is 11.5 Å². The molecule has 1 heterocycles. The van der Waals surface area contributed by atoms with Crippen molar-refractivity contribution in [1.82, 2.24) is 4.90 Å². The number of benzene rings is 1. The number of para-hydroxylation sites is 1. The number of hydrogen-bond acceptors (Lipinski definition) is 3. The fourth-order valence-electron chi connectivity index (χ4n) is 2.12. The van der Waals surface area contributed by atoms with E-state index in [1.807, 2.05) is 0 Å². The van der Waals surface area contributed by atoms with Crippen LogP contribution in [0.15, 0.2) is 24.3 Å². The van der Waals surface area contributed by atoms with Gasteiger partial charge >= 0.3 is 0 Å². The number of ketones is 1. The van der Waals surface area contributed by atoms with E-state index < -0.39 is 0 Å². The summed E-state index contributed by atoms with van der Waals surface area (Å²) in [4.78, 5) is 14.1. The predicted molar refractivity (Wildman–Crippen MR) is 62.7 cm³/mol. The zero-order valence-corrected chi connectivity index (χ0v) is 9.35. The van der Waals surface area contributed by atoms with Gasteiger partial charge in [0.1, 0.15) is 5.75 Å². The highest BCUT2D eigenvalue weighted by Gasteiger charge is 2.16. The van der Waals surface area contributed by atoms with Crippen LogP contribution >= 0.6 is 0 Å². The number of carbonyl (C=O) groups is 1. The second-order valence-electron chi connectivity index (χ2n) is 4.28. The number of likely N-dealkylation sites (tertiary alicyclic amines) is 1. The van der Waals surface area contributed by atoms with Crippen LogP contribution in [0.1, 0.15) is 29.6 Å². The highest BCUT2D eigenvalue weighted by atomic mass is 16.3. The Morgan fingerprint density at radius 3 is 2.56 bits per heavy atom. The van der Waals surface area contributed by atoms with E-state index in [1.54, 1.807) is 24.3 Å². The highest BCUT2D eigenvalue weighted by molar-refractivity contribution is 5.99. The normalized spacial score (nSPS) is 17.2. The monoisotopic (exact) mass is 219 g/mol. The van der Waals surface area contributed by atoms with Gasteiger partial charge in [-0.15, -0.1) is 0 Å². The van der Waals surface area contributed by atoms with E-state index in [4.69, 9.17) is 0 Å². The lowest BCUT2D eigenvalue weighted by Crippen LogP contribution is -2.34. The van der Waals surface area contributed by atoms with Gasteiger partial charge in [0.05, 0.1) is 12.1 Å². The standard InChI is InChI=1S/C13H17NO2/c15-12-7-3-2-6-11(12)13(16)10-14-8-4-1-5-9-14/h2-3,6-7,15H,1,4-5,8-10H2. The number of nitrogens with zero attached hydrogens (tertiary/aromatic N) is 1. The van der Waals surface area contributed by atoms with Crippen LogP contribution in [0.4, 0.5) is 0 Å². The first-order chi connectivity index (χ1) is 7.77. The fraction of sp³-hybridized carbons (Fsp3) is 0.462. The molecule has 0 saturated carbocycles. The molecule has 0 aromatic heterocycles. The largest absolute Gasteiger partial charge is 0.507 e. The summed E-state index contributed by atoms with van der Waals surface area (Å²) >= 11 is 0. The number of phenols is 1. The number of phenolic OH excluding ortho intramolecular Hbond substituents is 1. The van der Waals surface area contributed by atoms with Gasteiger partial charge in [-0.1, -0.05) is 18.6 Å². The van der Waals surface area contributed by atoms with Crippen molar-refractivity contribution in [2.45, 2.75) is 19.3 Å². The first-order valence-corrected chi connectivity index (χ1v) is 5.81. The van der Waals surface area contributed by atoms with Crippen LogP contribution in [0.5, 0.6) is 5.75 Å². The Morgan fingerprint density at radius 1 is 1.19 bits per heavy atom. The van der Waals surface area contributed by atoms with Crippen molar-refractivity contribution in [1.29, 1.82) is 0 Å². The third-order valence-corrected chi connectivity index (χ3v) is 3.02. The molecule has 0 bridgehead atoms. The van der Waals surface area contributed by atoms with Crippen molar-refractivity contribution < 1.29 is 9.90 Å². The van der Waals surface area contributed by atoms with Crippen LogP contribution in [0.3, 0.4) is 0 Å². The first kappa shape index (κ1) is 11.1. The minimum Gasteiger partial charge on any atom is -0.507 e. The van der Waals surface area contributed by atoms with Gasteiger partial charge in [0.25, 0.3) is 0 Å². The number of piperidine rings is 1. The minimum absolute atomic E-state index is 0.0139. The van der Waals surface area contributed by atoms with E-state index in [2.05, 4.69) is 4.90 Å². The molecule has 2 rings (SSSR count). The molecule has 0 atom stereocenters. The van der Waals surface area contributed by atoms with Gasteiger partial charge in [0.2, 0.25) is 0 Å². The van der Waals surface area contributed by atoms with Crippen LogP contribution in [-0.4, -0.2) is 35.4 Å². The average Bonchev–Trinajstić information content (AvgIpc) is 2.31. The molecule has 3 nitrogen and oxygen atoms in total. The van der Waals surface area contributed by atoms with Crippen molar-refractivity contribution in [2.75, 3.05) is 19.6 Å². The molecule has 3 heteroatoms. The SMILES string of the molecule is O=C(CN1CCCCC1)c1ccccc1O. The highest BCUT2D eigenvalue weighted by Crippen LogP contribution is 2.17. The van der Waals surface area contributed by atoms with Crippen molar-refractivity contribution in [3.8, 4) is 5.75 Å². The van der Waals surface area contributed by atoms with Crippen LogP contribution in [0.2, 0.25) is 0 Å². The summed E-state index contributed by atoms with van der Waals surface area (Å²) in [5.41, 5.74) is 0.438. The second-order valence-corrected chi connectivity index (χ2v) is 4.28. The lowest BCUT2D eigenvalue weighted by molar-refractivity contribution is 0.0913. The maximum absolute atomic E-state index is 11.9. The molecular formula is C13H17NO2. The molecule has 0 unspecified atom stereocenters. The molecule has 1 saturated heterocycles. The van der Waals surface area contributed by atoms with Crippen LogP contribution in [-0.2, 0) is 0 Å². The van der Waals surface area contributed by atoms with Gasteiger partial charge in [0.15, 0.2) is 5.78 Å². The van der Waals surface area contributed by atoms with E-state index >= 15 is 0 Å². The third kappa shape index (κ3) is 2.61. The Kier molecular flexibility index (Phi) is 3.57. The van der Waals surface area contributed by atoms with Gasteiger partial charge in [-0.05, 0) is 38.1 Å². The van der Waals surface area contributed by atoms with E-state index in [0.29, 0.717) is 12.1 Å². The summed E-state index contributed by atoms with van der Waals surface area (Å²) < 4.78 is 0. The lowest BCUT2D eigenvalue weighted by atomic mass is 10.1. The predicted octanol–water partition coefficient (Wildman–Crippen LogP) is 2.06. The zero-order chi connectivity index (χ0) is 11.4. The van der Waals surface area contributed by atoms with Gasteiger partial charge in [-0.2, -0.15) is 0 Å². The Balaban J connectivity index is 2.00. The number of hydrogen-bond donors (Lipinski definition) is 1. The summed E-state index contributed by atoms with van der Waals surface area (Å²) in [5, 5.41) is 9.57. The molecule has 0 amide bonds. The molecule has 86 valence electrons. The lowest BCUT2D eigenvalue weighted by Gasteiger charge is -2.25. The number of carbonyl (C=O) groups excluding carboxylic acids is 1. The summed E-state index contributed by atoms with van der Waals surface area (Å²) in [6, 6.07) is 6.75. The first-order valence-electron chi connectivity index (χ1n) is 5.81. The van der Waals surface area contributed by atoms with E-state index in [9.17, 15) is 9.90 Å². The molecule has 1 aliphatic rings. The maximum atomic E-state index is 11.9. The molecule has 1 aliphatic heterocycles. The maximum Gasteiger partial charge on any atom is 0.180 e. The van der Waals surface area contributed by atoms with Gasteiger partial charge in [-0.3, -0.25) is 9.69 Å². The van der Waals surface area contributed by atoms with Gasteiger partial charge in [0, 0.05) is 0 Å². The molecule has 0 radical (unpaired) electrons. The Labute approximate surface area is 95.7 Å². The van der Waals surface area contributed by atoms with Gasteiger partial charge < -0.3 is 5.11 Å². The summed E-state index contributed by atoms with van der Waals surface area (Å²) in [6.07, 6.45) is 3.61. The van der Waals surface area contributed by atoms with E-state index in [1.165, 1.54) is 19.3 Å². The summed E-state index contributed by atoms with van der Waals surface area (Å²) in [6.45, 7) is 2.43. The number of aromatic hydroxyl groups is 1.